The van der Waals surface area contributed by atoms with Crippen molar-refractivity contribution in [3.8, 4) is 0 Å². The van der Waals surface area contributed by atoms with E-state index in [0.29, 0.717) is 6.08 Å². The Bertz CT molecular complexity index is 703. The predicted molar refractivity (Wildman–Crippen MR) is 55.0 cm³/mol. The summed E-state index contributed by atoms with van der Waals surface area (Å²) >= 11 is 0. The molecule has 1 N–H and O–H groups in total. The molecule has 0 aromatic rings. The standard InChI is InChI=1S/C6H2N6O5S/c7-11-9-2-1-3(13)5(14)6(18(15,16)17)4(2)10-12-8/h1H,(H,15,16,17). The molecular formula is C6H2N6O5S. The number of rotatable bonds is 3. The summed E-state index contributed by atoms with van der Waals surface area (Å²) in [6.45, 7) is 0. The van der Waals surface area contributed by atoms with Gasteiger partial charge in [0, 0.05) is 9.82 Å². The van der Waals surface area contributed by atoms with Gasteiger partial charge in [0.25, 0.3) is 10.1 Å². The van der Waals surface area contributed by atoms with E-state index in [1.54, 1.807) is 0 Å². The van der Waals surface area contributed by atoms with E-state index in [0.717, 1.165) is 0 Å². The second-order valence-electron chi connectivity index (χ2n) is 2.75. The first-order valence-corrected chi connectivity index (χ1v) is 5.39. The Labute approximate surface area is 98.4 Å². The SMILES string of the molecule is [N-]=[N+]=NC1=CC(=O)C(=O)C(S(=O)(=O)O)=C1N=[N+]=[N-]. The van der Waals surface area contributed by atoms with E-state index >= 15 is 0 Å². The Morgan fingerprint density at radius 2 is 1.72 bits per heavy atom. The van der Waals surface area contributed by atoms with Crippen LogP contribution in [0.5, 0.6) is 0 Å². The first kappa shape index (κ1) is 13.4. The van der Waals surface area contributed by atoms with Crippen LogP contribution in [0, 0.1) is 0 Å². The van der Waals surface area contributed by atoms with Gasteiger partial charge in [-0.05, 0) is 17.1 Å². The highest BCUT2D eigenvalue weighted by atomic mass is 32.2. The number of Topliss-reactive ketones (excluding diaryl/α,β-unsaturated/α-hetero) is 1. The van der Waals surface area contributed by atoms with Crippen molar-refractivity contribution in [1.29, 1.82) is 0 Å². The number of nitrogens with zero attached hydrogens (tertiary/aromatic N) is 6. The van der Waals surface area contributed by atoms with Crippen molar-refractivity contribution in [2.24, 2.45) is 10.2 Å². The summed E-state index contributed by atoms with van der Waals surface area (Å²) in [5, 5.41) is 5.73. The first-order valence-electron chi connectivity index (χ1n) is 3.95. The van der Waals surface area contributed by atoms with Crippen LogP contribution in [0.15, 0.2) is 32.6 Å². The van der Waals surface area contributed by atoms with Crippen LogP contribution in [-0.2, 0) is 19.7 Å². The number of azide groups is 2. The Kier molecular flexibility index (Phi) is 3.50. The van der Waals surface area contributed by atoms with Gasteiger partial charge in [-0.15, -0.1) is 0 Å². The molecule has 1 aliphatic rings. The van der Waals surface area contributed by atoms with Crippen LogP contribution in [0.25, 0.3) is 20.9 Å². The highest BCUT2D eigenvalue weighted by Gasteiger charge is 2.35. The van der Waals surface area contributed by atoms with E-state index in [4.69, 9.17) is 15.6 Å². The van der Waals surface area contributed by atoms with Crippen molar-refractivity contribution in [3.63, 3.8) is 0 Å². The number of ketones is 2. The van der Waals surface area contributed by atoms with Gasteiger partial charge >= 0.3 is 0 Å². The van der Waals surface area contributed by atoms with Crippen LogP contribution in [0.2, 0.25) is 0 Å². The molecule has 0 unspecified atom stereocenters. The minimum atomic E-state index is -5.11. The van der Waals surface area contributed by atoms with Crippen LogP contribution < -0.4 is 0 Å². The predicted octanol–water partition coefficient (Wildman–Crippen LogP) is 0.742. The average Bonchev–Trinajstić information content (AvgIpc) is 2.24. The summed E-state index contributed by atoms with van der Waals surface area (Å²) in [6.07, 6.45) is 0.501. The van der Waals surface area contributed by atoms with Crippen molar-refractivity contribution in [1.82, 2.24) is 0 Å². The molecule has 0 heterocycles. The fraction of sp³-hybridized carbons (Fsp3) is 0. The topological polar surface area (TPSA) is 186 Å². The third kappa shape index (κ3) is 2.36. The maximum Gasteiger partial charge on any atom is 0.299 e. The average molecular weight is 270 g/mol. The van der Waals surface area contributed by atoms with Crippen molar-refractivity contribution in [2.45, 2.75) is 0 Å². The molecule has 11 nitrogen and oxygen atoms in total. The number of hydrogen-bond donors (Lipinski definition) is 1. The first-order chi connectivity index (χ1) is 8.32. The summed E-state index contributed by atoms with van der Waals surface area (Å²) < 4.78 is 30.7. The monoisotopic (exact) mass is 270 g/mol. The zero-order valence-corrected chi connectivity index (χ0v) is 9.07. The fourth-order valence-corrected chi connectivity index (χ4v) is 1.82. The molecule has 0 atom stereocenters. The second-order valence-corrected chi connectivity index (χ2v) is 4.11. The third-order valence-corrected chi connectivity index (χ3v) is 2.61. The van der Waals surface area contributed by atoms with Crippen molar-refractivity contribution < 1.29 is 22.6 Å². The van der Waals surface area contributed by atoms with E-state index < -0.39 is 38.0 Å². The van der Waals surface area contributed by atoms with Crippen molar-refractivity contribution in [2.75, 3.05) is 0 Å². The van der Waals surface area contributed by atoms with Gasteiger partial charge in [0.1, 0.15) is 0 Å². The Morgan fingerprint density at radius 1 is 1.17 bits per heavy atom. The van der Waals surface area contributed by atoms with Gasteiger partial charge in [-0.2, -0.15) is 8.42 Å². The lowest BCUT2D eigenvalue weighted by molar-refractivity contribution is -0.131. The molecule has 0 spiro atoms. The molecule has 0 radical (unpaired) electrons. The Balaban J connectivity index is 3.80. The molecule has 1 aliphatic carbocycles. The van der Waals surface area contributed by atoms with Gasteiger partial charge in [0.15, 0.2) is 4.91 Å². The molecule has 92 valence electrons. The van der Waals surface area contributed by atoms with E-state index in [9.17, 15) is 18.0 Å². The lowest BCUT2D eigenvalue weighted by Gasteiger charge is -2.11. The zero-order valence-electron chi connectivity index (χ0n) is 8.25. The molecule has 18 heavy (non-hydrogen) atoms. The Hall–Kier alpha value is -2.65. The van der Waals surface area contributed by atoms with Crippen LogP contribution in [0.4, 0.5) is 0 Å². The molecule has 0 amide bonds. The molecule has 12 heteroatoms. The lowest BCUT2D eigenvalue weighted by Crippen LogP contribution is -2.25. The molecule has 0 aromatic carbocycles. The highest BCUT2D eigenvalue weighted by Crippen LogP contribution is 2.27. The van der Waals surface area contributed by atoms with Gasteiger partial charge < -0.3 is 0 Å². The van der Waals surface area contributed by atoms with Crippen LogP contribution in [0.1, 0.15) is 0 Å². The normalized spacial score (nSPS) is 15.7. The number of carbonyl (C=O) groups is 2. The molecule has 0 aliphatic heterocycles. The molecular weight excluding hydrogens is 268 g/mol. The van der Waals surface area contributed by atoms with Crippen LogP contribution in [-0.4, -0.2) is 24.5 Å². The lowest BCUT2D eigenvalue weighted by atomic mass is 10.1. The smallest absolute Gasteiger partial charge is 0.286 e. The quantitative estimate of drug-likeness (QED) is 0.197. The van der Waals surface area contributed by atoms with E-state index in [1.165, 1.54) is 0 Å². The van der Waals surface area contributed by atoms with E-state index in [2.05, 4.69) is 20.1 Å². The van der Waals surface area contributed by atoms with Crippen molar-refractivity contribution in [3.05, 3.63) is 43.3 Å². The van der Waals surface area contributed by atoms with Gasteiger partial charge in [0.05, 0.1) is 11.4 Å². The summed E-state index contributed by atoms with van der Waals surface area (Å²) in [4.78, 5) is 25.5. The number of hydrogen-bond acceptors (Lipinski definition) is 6. The second kappa shape index (κ2) is 4.69. The minimum absolute atomic E-state index is 0.501. The van der Waals surface area contributed by atoms with Crippen LogP contribution in [0.3, 0.4) is 0 Å². The van der Waals surface area contributed by atoms with E-state index in [1.807, 2.05) is 0 Å². The summed E-state index contributed by atoms with van der Waals surface area (Å²) in [7, 11) is -5.11. The van der Waals surface area contributed by atoms with Gasteiger partial charge in [-0.1, -0.05) is 10.2 Å². The third-order valence-electron chi connectivity index (χ3n) is 1.71. The summed E-state index contributed by atoms with van der Waals surface area (Å²) in [6, 6.07) is 0. The number of allylic oxidation sites excluding steroid dienone is 2. The van der Waals surface area contributed by atoms with Gasteiger partial charge in [-0.3, -0.25) is 14.1 Å². The van der Waals surface area contributed by atoms with E-state index in [-0.39, 0.29) is 0 Å². The minimum Gasteiger partial charge on any atom is -0.286 e. The fourth-order valence-electron chi connectivity index (χ4n) is 1.10. The summed E-state index contributed by atoms with van der Waals surface area (Å²) in [5.41, 5.74) is 14.8. The molecule has 1 rings (SSSR count). The Morgan fingerprint density at radius 3 is 2.17 bits per heavy atom. The number of carbonyl (C=O) groups excluding carboxylic acids is 2. The molecule has 0 bridgehead atoms. The van der Waals surface area contributed by atoms with Crippen LogP contribution >= 0.6 is 0 Å². The maximum absolute atomic E-state index is 11.3. The van der Waals surface area contributed by atoms with Gasteiger partial charge in [-0.25, -0.2) is 0 Å². The molecule has 0 saturated heterocycles. The van der Waals surface area contributed by atoms with Gasteiger partial charge in [0.2, 0.25) is 11.6 Å². The molecule has 0 fully saturated rings. The maximum atomic E-state index is 11.3. The zero-order chi connectivity index (χ0) is 13.9. The highest BCUT2D eigenvalue weighted by molar-refractivity contribution is 7.91. The largest absolute Gasteiger partial charge is 0.299 e. The summed E-state index contributed by atoms with van der Waals surface area (Å²) in [5.74, 6) is -2.92. The molecule has 0 aromatic heterocycles. The molecule has 0 saturated carbocycles. The van der Waals surface area contributed by atoms with Crippen molar-refractivity contribution >= 4 is 21.7 Å².